The molecule has 100 valence electrons. The van der Waals surface area contributed by atoms with Gasteiger partial charge in [0.05, 0.1) is 5.60 Å². The maximum Gasteiger partial charge on any atom is 0.0685 e. The first-order valence-electron chi connectivity index (χ1n) is 7.39. The number of rotatable bonds is 3. The highest BCUT2D eigenvalue weighted by molar-refractivity contribution is 6.20. The molecule has 0 N–H and O–H groups in total. The number of alkyl halides is 1. The van der Waals surface area contributed by atoms with E-state index in [1.54, 1.807) is 0 Å². The fourth-order valence-corrected chi connectivity index (χ4v) is 4.08. The lowest BCUT2D eigenvalue weighted by molar-refractivity contribution is -0.124. The summed E-state index contributed by atoms with van der Waals surface area (Å²) >= 11 is 6.14. The second-order valence-electron chi connectivity index (χ2n) is 6.34. The summed E-state index contributed by atoms with van der Waals surface area (Å²) < 4.78 is 6.16. The van der Waals surface area contributed by atoms with Gasteiger partial charge in [-0.2, -0.15) is 0 Å². The summed E-state index contributed by atoms with van der Waals surface area (Å²) in [6.45, 7) is 5.48. The van der Waals surface area contributed by atoms with Crippen LogP contribution < -0.4 is 0 Å². The molecule has 1 aliphatic heterocycles. The van der Waals surface area contributed by atoms with Crippen LogP contribution in [-0.2, 0) is 4.74 Å². The van der Waals surface area contributed by atoms with Crippen molar-refractivity contribution >= 4 is 11.6 Å². The number of hydrogen-bond donors (Lipinski definition) is 0. The van der Waals surface area contributed by atoms with Gasteiger partial charge in [-0.05, 0) is 50.9 Å². The van der Waals surface area contributed by atoms with Gasteiger partial charge < -0.3 is 4.74 Å². The van der Waals surface area contributed by atoms with Crippen LogP contribution in [0.25, 0.3) is 0 Å². The van der Waals surface area contributed by atoms with Crippen LogP contribution in [0, 0.1) is 11.8 Å². The van der Waals surface area contributed by atoms with Gasteiger partial charge in [0, 0.05) is 12.0 Å². The highest BCUT2D eigenvalue weighted by Gasteiger charge is 2.39. The Labute approximate surface area is 111 Å². The smallest absolute Gasteiger partial charge is 0.0685 e. The SMILES string of the molecule is CC(Cl)CC(C)C1CCOC2(CCCCC2)C1. The average molecular weight is 259 g/mol. The first kappa shape index (κ1) is 13.7. The minimum atomic E-state index is 0.255. The molecule has 0 aromatic carbocycles. The van der Waals surface area contributed by atoms with Crippen molar-refractivity contribution in [3.05, 3.63) is 0 Å². The van der Waals surface area contributed by atoms with Gasteiger partial charge in [-0.1, -0.05) is 26.2 Å². The Morgan fingerprint density at radius 1 is 1.24 bits per heavy atom. The van der Waals surface area contributed by atoms with Gasteiger partial charge in [-0.3, -0.25) is 0 Å². The van der Waals surface area contributed by atoms with Crippen molar-refractivity contribution in [1.29, 1.82) is 0 Å². The van der Waals surface area contributed by atoms with Crippen LogP contribution in [0.15, 0.2) is 0 Å². The molecule has 1 saturated heterocycles. The Kier molecular flexibility index (Phi) is 4.77. The number of ether oxygens (including phenoxy) is 1. The van der Waals surface area contributed by atoms with Crippen molar-refractivity contribution < 1.29 is 4.74 Å². The zero-order chi connectivity index (χ0) is 12.3. The van der Waals surface area contributed by atoms with Gasteiger partial charge in [0.25, 0.3) is 0 Å². The molecular weight excluding hydrogens is 232 g/mol. The fraction of sp³-hybridized carbons (Fsp3) is 1.00. The molecule has 3 unspecified atom stereocenters. The summed E-state index contributed by atoms with van der Waals surface area (Å²) in [4.78, 5) is 0. The standard InChI is InChI=1S/C15H27ClO/c1-12(10-13(2)16)14-6-9-17-15(11-14)7-4-3-5-8-15/h12-14H,3-11H2,1-2H3. The summed E-state index contributed by atoms with van der Waals surface area (Å²) in [5, 5.41) is 0.315. The van der Waals surface area contributed by atoms with E-state index in [4.69, 9.17) is 16.3 Å². The second kappa shape index (κ2) is 5.93. The maximum absolute atomic E-state index is 6.16. The van der Waals surface area contributed by atoms with E-state index >= 15 is 0 Å². The van der Waals surface area contributed by atoms with Crippen molar-refractivity contribution in [2.45, 2.75) is 76.2 Å². The largest absolute Gasteiger partial charge is 0.375 e. The molecule has 0 aromatic rings. The fourth-order valence-electron chi connectivity index (χ4n) is 3.80. The molecule has 2 aliphatic rings. The van der Waals surface area contributed by atoms with Gasteiger partial charge in [-0.25, -0.2) is 0 Å². The summed E-state index contributed by atoms with van der Waals surface area (Å²) in [6.07, 6.45) is 10.4. The lowest BCUT2D eigenvalue weighted by atomic mass is 9.72. The molecule has 0 bridgehead atoms. The quantitative estimate of drug-likeness (QED) is 0.663. The molecule has 0 radical (unpaired) electrons. The molecule has 0 amide bonds. The molecule has 3 atom stereocenters. The average Bonchev–Trinajstić information content (AvgIpc) is 2.29. The molecule has 1 saturated carbocycles. The second-order valence-corrected chi connectivity index (χ2v) is 7.08. The number of halogens is 1. The minimum absolute atomic E-state index is 0.255. The van der Waals surface area contributed by atoms with E-state index in [-0.39, 0.29) is 5.60 Å². The monoisotopic (exact) mass is 258 g/mol. The first-order chi connectivity index (χ1) is 8.11. The molecule has 2 heteroatoms. The third-order valence-electron chi connectivity index (χ3n) is 4.80. The first-order valence-corrected chi connectivity index (χ1v) is 7.83. The van der Waals surface area contributed by atoms with Crippen LogP contribution in [0.1, 0.15) is 65.2 Å². The van der Waals surface area contributed by atoms with Gasteiger partial charge in [0.2, 0.25) is 0 Å². The van der Waals surface area contributed by atoms with Crippen LogP contribution >= 0.6 is 11.6 Å². The van der Waals surface area contributed by atoms with E-state index < -0.39 is 0 Å². The predicted octanol–water partition coefficient (Wildman–Crippen LogP) is 4.77. The minimum Gasteiger partial charge on any atom is -0.375 e. The van der Waals surface area contributed by atoms with Crippen molar-refractivity contribution in [2.24, 2.45) is 11.8 Å². The molecular formula is C15H27ClO. The van der Waals surface area contributed by atoms with E-state index in [1.807, 2.05) is 0 Å². The summed E-state index contributed by atoms with van der Waals surface area (Å²) in [7, 11) is 0. The van der Waals surface area contributed by atoms with Crippen LogP contribution in [0.2, 0.25) is 0 Å². The third-order valence-corrected chi connectivity index (χ3v) is 4.98. The van der Waals surface area contributed by atoms with Crippen molar-refractivity contribution in [3.8, 4) is 0 Å². The van der Waals surface area contributed by atoms with Crippen molar-refractivity contribution in [2.75, 3.05) is 6.61 Å². The maximum atomic E-state index is 6.16. The van der Waals surface area contributed by atoms with Crippen molar-refractivity contribution in [1.82, 2.24) is 0 Å². The van der Waals surface area contributed by atoms with Crippen LogP contribution in [0.5, 0.6) is 0 Å². The number of hydrogen-bond acceptors (Lipinski definition) is 1. The zero-order valence-electron chi connectivity index (χ0n) is 11.4. The van der Waals surface area contributed by atoms with Crippen LogP contribution in [-0.4, -0.2) is 17.6 Å². The van der Waals surface area contributed by atoms with Crippen LogP contribution in [0.3, 0.4) is 0 Å². The van der Waals surface area contributed by atoms with E-state index in [9.17, 15) is 0 Å². The highest BCUT2D eigenvalue weighted by atomic mass is 35.5. The molecule has 1 heterocycles. The molecule has 2 rings (SSSR count). The highest BCUT2D eigenvalue weighted by Crippen LogP contribution is 2.43. The van der Waals surface area contributed by atoms with E-state index in [1.165, 1.54) is 44.9 Å². The molecule has 0 aromatic heterocycles. The predicted molar refractivity (Wildman–Crippen MR) is 73.6 cm³/mol. The summed E-state index contributed by atoms with van der Waals surface area (Å²) in [6, 6.07) is 0. The Morgan fingerprint density at radius 2 is 1.94 bits per heavy atom. The Balaban J connectivity index is 1.91. The lowest BCUT2D eigenvalue weighted by Crippen LogP contribution is -2.43. The van der Waals surface area contributed by atoms with Crippen LogP contribution in [0.4, 0.5) is 0 Å². The van der Waals surface area contributed by atoms with Gasteiger partial charge >= 0.3 is 0 Å². The van der Waals surface area contributed by atoms with Crippen molar-refractivity contribution in [3.63, 3.8) is 0 Å². The molecule has 1 nitrogen and oxygen atoms in total. The Hall–Kier alpha value is 0.250. The molecule has 1 spiro atoms. The lowest BCUT2D eigenvalue weighted by Gasteiger charge is -2.45. The molecule has 1 aliphatic carbocycles. The molecule has 2 fully saturated rings. The summed E-state index contributed by atoms with van der Waals surface area (Å²) in [5.74, 6) is 1.59. The normalized spacial score (nSPS) is 32.3. The Bertz CT molecular complexity index is 228. The van der Waals surface area contributed by atoms with Gasteiger partial charge in [0.1, 0.15) is 0 Å². The van der Waals surface area contributed by atoms with Gasteiger partial charge in [0.15, 0.2) is 0 Å². The molecule has 17 heavy (non-hydrogen) atoms. The van der Waals surface area contributed by atoms with E-state index in [2.05, 4.69) is 13.8 Å². The summed E-state index contributed by atoms with van der Waals surface area (Å²) in [5.41, 5.74) is 0.255. The Morgan fingerprint density at radius 3 is 2.59 bits per heavy atom. The van der Waals surface area contributed by atoms with Gasteiger partial charge in [-0.15, -0.1) is 11.6 Å². The topological polar surface area (TPSA) is 9.23 Å². The van der Waals surface area contributed by atoms with E-state index in [0.717, 1.165) is 24.9 Å². The zero-order valence-corrected chi connectivity index (χ0v) is 12.1. The van der Waals surface area contributed by atoms with E-state index in [0.29, 0.717) is 5.38 Å². The third kappa shape index (κ3) is 3.61.